The molecule has 0 fully saturated rings. The first-order valence-electron chi connectivity index (χ1n) is 3.26. The first-order valence-corrected chi connectivity index (χ1v) is 3.26. The predicted molar refractivity (Wildman–Crippen MR) is 40.8 cm³/mol. The molecule has 1 N–H and O–H groups in total. The second-order valence-corrected chi connectivity index (χ2v) is 1.99. The van der Waals surface area contributed by atoms with Crippen LogP contribution in [0.2, 0.25) is 0 Å². The Balaban J connectivity index is 3.86. The fraction of sp³-hybridized carbons (Fsp3) is 0.375. The van der Waals surface area contributed by atoms with Gasteiger partial charge in [-0.25, -0.2) is 0 Å². The van der Waals surface area contributed by atoms with E-state index < -0.39 is 0 Å². The average molecular weight is 140 g/mol. The summed E-state index contributed by atoms with van der Waals surface area (Å²) in [6.07, 6.45) is 3.72. The highest BCUT2D eigenvalue weighted by Gasteiger charge is 1.94. The number of hydrogen-bond acceptors (Lipinski definition) is 2. The summed E-state index contributed by atoms with van der Waals surface area (Å²) in [5, 5.41) is 8.78. The molecule has 2 nitrogen and oxygen atoms in total. The zero-order valence-corrected chi connectivity index (χ0v) is 6.13. The summed E-state index contributed by atoms with van der Waals surface area (Å²) in [6, 6.07) is 0. The largest absolute Gasteiger partial charge is 0.508 e. The van der Waals surface area contributed by atoms with Gasteiger partial charge in [-0.05, 0) is 12.5 Å². The van der Waals surface area contributed by atoms with E-state index in [1.807, 2.05) is 6.92 Å². The standard InChI is InChI=1S/C8H12O2/c1-3-5-8(10)6-7(9)4-2/h4,6,9H,2-3,5H2,1H3/b7-6+. The van der Waals surface area contributed by atoms with Crippen LogP contribution in [0.5, 0.6) is 0 Å². The van der Waals surface area contributed by atoms with Crippen molar-refractivity contribution in [2.24, 2.45) is 0 Å². The van der Waals surface area contributed by atoms with E-state index in [-0.39, 0.29) is 11.5 Å². The molecule has 0 aromatic heterocycles. The van der Waals surface area contributed by atoms with Crippen molar-refractivity contribution in [3.63, 3.8) is 0 Å². The molecular formula is C8H12O2. The summed E-state index contributed by atoms with van der Waals surface area (Å²) in [4.78, 5) is 10.7. The van der Waals surface area contributed by atoms with Crippen molar-refractivity contribution in [3.8, 4) is 0 Å². The van der Waals surface area contributed by atoms with Gasteiger partial charge in [0.25, 0.3) is 0 Å². The smallest absolute Gasteiger partial charge is 0.159 e. The van der Waals surface area contributed by atoms with Gasteiger partial charge in [-0.3, -0.25) is 4.79 Å². The monoisotopic (exact) mass is 140 g/mol. The van der Waals surface area contributed by atoms with Gasteiger partial charge in [0, 0.05) is 12.5 Å². The van der Waals surface area contributed by atoms with Crippen LogP contribution in [0.4, 0.5) is 0 Å². The van der Waals surface area contributed by atoms with Crippen molar-refractivity contribution < 1.29 is 9.90 Å². The maximum Gasteiger partial charge on any atom is 0.159 e. The Bertz CT molecular complexity index is 157. The number of ketones is 1. The molecule has 0 saturated heterocycles. The van der Waals surface area contributed by atoms with E-state index in [1.165, 1.54) is 12.2 Å². The molecule has 0 aromatic carbocycles. The molecule has 0 aliphatic rings. The maximum absolute atomic E-state index is 10.7. The number of carbonyl (C=O) groups is 1. The van der Waals surface area contributed by atoms with E-state index in [4.69, 9.17) is 5.11 Å². The van der Waals surface area contributed by atoms with Gasteiger partial charge >= 0.3 is 0 Å². The summed E-state index contributed by atoms with van der Waals surface area (Å²) < 4.78 is 0. The third-order valence-electron chi connectivity index (χ3n) is 1.01. The summed E-state index contributed by atoms with van der Waals surface area (Å²) in [5.41, 5.74) is 0. The Labute approximate surface area is 60.9 Å². The lowest BCUT2D eigenvalue weighted by molar-refractivity contribution is -0.114. The van der Waals surface area contributed by atoms with Crippen LogP contribution >= 0.6 is 0 Å². The summed E-state index contributed by atoms with van der Waals surface area (Å²) in [7, 11) is 0. The normalized spacial score (nSPS) is 11.1. The molecule has 0 spiro atoms. The number of carbonyl (C=O) groups excluding carboxylic acids is 1. The van der Waals surface area contributed by atoms with Gasteiger partial charge in [-0.15, -0.1) is 0 Å². The zero-order chi connectivity index (χ0) is 7.98. The summed E-state index contributed by atoms with van der Waals surface area (Å²) >= 11 is 0. The molecule has 0 amide bonds. The number of aliphatic hydroxyl groups excluding tert-OH is 1. The van der Waals surface area contributed by atoms with Crippen LogP contribution in [0.1, 0.15) is 19.8 Å². The summed E-state index contributed by atoms with van der Waals surface area (Å²) in [5.74, 6) is -0.113. The van der Waals surface area contributed by atoms with Crippen molar-refractivity contribution in [1.29, 1.82) is 0 Å². The fourth-order valence-electron chi connectivity index (χ4n) is 0.542. The van der Waals surface area contributed by atoms with Gasteiger partial charge in [0.1, 0.15) is 5.76 Å². The second-order valence-electron chi connectivity index (χ2n) is 1.99. The zero-order valence-electron chi connectivity index (χ0n) is 6.13. The minimum Gasteiger partial charge on any atom is -0.508 e. The first-order chi connectivity index (χ1) is 4.70. The fourth-order valence-corrected chi connectivity index (χ4v) is 0.542. The van der Waals surface area contributed by atoms with Crippen LogP contribution in [0.3, 0.4) is 0 Å². The van der Waals surface area contributed by atoms with Crippen LogP contribution in [-0.2, 0) is 4.79 Å². The van der Waals surface area contributed by atoms with Gasteiger partial charge in [-0.1, -0.05) is 13.5 Å². The first kappa shape index (κ1) is 8.95. The number of allylic oxidation sites excluding steroid dienone is 2. The van der Waals surface area contributed by atoms with Crippen LogP contribution in [0.15, 0.2) is 24.5 Å². The van der Waals surface area contributed by atoms with Crippen LogP contribution in [-0.4, -0.2) is 10.9 Å². The molecule has 56 valence electrons. The third-order valence-corrected chi connectivity index (χ3v) is 1.01. The lowest BCUT2D eigenvalue weighted by atomic mass is 10.2. The topological polar surface area (TPSA) is 37.3 Å². The molecule has 0 rings (SSSR count). The molecule has 0 saturated carbocycles. The second kappa shape index (κ2) is 4.79. The lowest BCUT2D eigenvalue weighted by Gasteiger charge is -1.89. The van der Waals surface area contributed by atoms with E-state index in [0.717, 1.165) is 6.42 Å². The van der Waals surface area contributed by atoms with Gasteiger partial charge in [0.05, 0.1) is 0 Å². The minimum absolute atomic E-state index is 0.0556. The van der Waals surface area contributed by atoms with Crippen molar-refractivity contribution in [2.75, 3.05) is 0 Å². The molecule has 0 bridgehead atoms. The Morgan fingerprint density at radius 3 is 2.70 bits per heavy atom. The molecule has 10 heavy (non-hydrogen) atoms. The molecule has 0 radical (unpaired) electrons. The van der Waals surface area contributed by atoms with Crippen LogP contribution < -0.4 is 0 Å². The number of aliphatic hydroxyl groups is 1. The van der Waals surface area contributed by atoms with Crippen LogP contribution in [0, 0.1) is 0 Å². The predicted octanol–water partition coefficient (Wildman–Crippen LogP) is 1.98. The van der Waals surface area contributed by atoms with Crippen LogP contribution in [0.25, 0.3) is 0 Å². The van der Waals surface area contributed by atoms with Gasteiger partial charge < -0.3 is 5.11 Å². The van der Waals surface area contributed by atoms with Crippen molar-refractivity contribution in [3.05, 3.63) is 24.5 Å². The third kappa shape index (κ3) is 3.89. The number of rotatable bonds is 4. The molecule has 0 unspecified atom stereocenters. The summed E-state index contributed by atoms with van der Waals surface area (Å²) in [6.45, 7) is 5.22. The molecule has 0 aromatic rings. The van der Waals surface area contributed by atoms with Gasteiger partial charge in [0.2, 0.25) is 0 Å². The Hall–Kier alpha value is -1.05. The molecule has 0 aliphatic carbocycles. The molecule has 2 heteroatoms. The Morgan fingerprint density at radius 2 is 2.30 bits per heavy atom. The highest BCUT2D eigenvalue weighted by Crippen LogP contribution is 1.94. The molecule has 0 atom stereocenters. The maximum atomic E-state index is 10.7. The SMILES string of the molecule is C=C/C(O)=C\C(=O)CCC. The van der Waals surface area contributed by atoms with Gasteiger partial charge in [0.15, 0.2) is 5.78 Å². The molecule has 0 aliphatic heterocycles. The van der Waals surface area contributed by atoms with Crippen molar-refractivity contribution >= 4 is 5.78 Å². The van der Waals surface area contributed by atoms with Gasteiger partial charge in [-0.2, -0.15) is 0 Å². The Morgan fingerprint density at radius 1 is 1.70 bits per heavy atom. The Kier molecular flexibility index (Phi) is 4.29. The van der Waals surface area contributed by atoms with E-state index >= 15 is 0 Å². The molecule has 0 heterocycles. The van der Waals surface area contributed by atoms with E-state index in [9.17, 15) is 4.79 Å². The number of hydrogen-bond donors (Lipinski definition) is 1. The minimum atomic E-state index is -0.0570. The van der Waals surface area contributed by atoms with E-state index in [0.29, 0.717) is 6.42 Å². The van der Waals surface area contributed by atoms with E-state index in [2.05, 4.69) is 6.58 Å². The highest BCUT2D eigenvalue weighted by atomic mass is 16.3. The lowest BCUT2D eigenvalue weighted by Crippen LogP contribution is -1.92. The van der Waals surface area contributed by atoms with E-state index in [1.54, 1.807) is 0 Å². The average Bonchev–Trinajstić information content (AvgIpc) is 1.88. The van der Waals surface area contributed by atoms with Crippen molar-refractivity contribution in [2.45, 2.75) is 19.8 Å². The quantitative estimate of drug-likeness (QED) is 0.368. The molecular weight excluding hydrogens is 128 g/mol. The van der Waals surface area contributed by atoms with Crippen molar-refractivity contribution in [1.82, 2.24) is 0 Å². The highest BCUT2D eigenvalue weighted by molar-refractivity contribution is 5.90.